The van der Waals surface area contributed by atoms with E-state index in [1.807, 2.05) is 91.1 Å². The second kappa shape index (κ2) is 21.9. The number of carbonyl (C=O) groups excluding carboxylic acids is 1. The van der Waals surface area contributed by atoms with Crippen LogP contribution in [0.5, 0.6) is 5.75 Å². The van der Waals surface area contributed by atoms with E-state index >= 15 is 0 Å². The maximum Gasteiger partial charge on any atom is 0.347 e. The van der Waals surface area contributed by atoms with Gasteiger partial charge in [-0.3, -0.25) is 4.57 Å². The zero-order chi connectivity index (χ0) is 30.4. The number of esters is 1. The molecule has 1 N–H and O–H groups in total. The third kappa shape index (κ3) is 19.7. The zero-order valence-corrected chi connectivity index (χ0v) is 26.6. The molecule has 1 atom stereocenters. The molecule has 0 saturated carbocycles. The number of aryl methyl sites for hydroxylation is 2. The van der Waals surface area contributed by atoms with Crippen molar-refractivity contribution in [3.63, 3.8) is 0 Å². The van der Waals surface area contributed by atoms with E-state index in [1.165, 1.54) is 17.6 Å². The Morgan fingerprint density at radius 1 is 1.10 bits per heavy atom. The normalized spacial score (nSPS) is 11.2. The van der Waals surface area contributed by atoms with Crippen LogP contribution in [-0.2, 0) is 28.9 Å². The number of ether oxygens (including phenoxy) is 2. The van der Waals surface area contributed by atoms with Crippen molar-refractivity contribution in [1.29, 1.82) is 0 Å². The van der Waals surface area contributed by atoms with Crippen molar-refractivity contribution >= 4 is 5.97 Å². The van der Waals surface area contributed by atoms with Crippen LogP contribution in [0.2, 0.25) is 0 Å². The van der Waals surface area contributed by atoms with E-state index in [1.54, 1.807) is 11.5 Å². The van der Waals surface area contributed by atoms with Crippen LogP contribution in [-0.4, -0.2) is 27.2 Å². The van der Waals surface area contributed by atoms with Crippen LogP contribution >= 0.6 is 0 Å². The van der Waals surface area contributed by atoms with Crippen LogP contribution in [0.15, 0.2) is 59.6 Å². The molecule has 6 heteroatoms. The standard InChI is InChI=1S/C23H32N2O4.C5H10.C3H8.C2H6/c1-6-7-15-25-16-19(24-22(25)27)10-8-9-18-11-13-20(14-12-18)28-17(2)21(26)29-23(3,4)5;1-4-5(2)3;1-3-2;1-2/h6-7,11-14,16-17H,8-10,15H2,1-5H3,(H,24,27);2,4H2,1,3H3;3H2,1-2H3;1-2H3/b7-6+;;;. The van der Waals surface area contributed by atoms with Gasteiger partial charge >= 0.3 is 11.7 Å². The molecule has 0 saturated heterocycles. The van der Waals surface area contributed by atoms with Gasteiger partial charge in [0.15, 0.2) is 6.10 Å². The van der Waals surface area contributed by atoms with Crippen molar-refractivity contribution in [3.05, 3.63) is 76.5 Å². The fourth-order valence-corrected chi connectivity index (χ4v) is 2.82. The third-order valence-corrected chi connectivity index (χ3v) is 4.87. The van der Waals surface area contributed by atoms with E-state index < -0.39 is 11.7 Å². The highest BCUT2D eigenvalue weighted by Gasteiger charge is 2.22. The maximum atomic E-state index is 12.0. The molecular formula is C33H56N2O4. The number of nitrogens with one attached hydrogen (secondary N) is 1. The number of carbonyl (C=O) groups is 1. The number of hydrogen-bond donors (Lipinski definition) is 1. The number of H-pyrrole nitrogens is 1. The molecule has 0 radical (unpaired) electrons. The Bertz CT molecular complexity index is 992. The van der Waals surface area contributed by atoms with E-state index in [0.717, 1.165) is 31.4 Å². The molecule has 2 rings (SSSR count). The van der Waals surface area contributed by atoms with E-state index in [2.05, 4.69) is 32.3 Å². The van der Waals surface area contributed by atoms with Crippen LogP contribution in [0.25, 0.3) is 0 Å². The molecule has 1 aromatic carbocycles. The molecule has 222 valence electrons. The molecule has 1 unspecified atom stereocenters. The molecule has 6 nitrogen and oxygen atoms in total. The van der Waals surface area contributed by atoms with Gasteiger partial charge in [0, 0.05) is 18.4 Å². The van der Waals surface area contributed by atoms with Crippen molar-refractivity contribution in [3.8, 4) is 5.75 Å². The molecule has 0 bridgehead atoms. The number of allylic oxidation sites excluding steroid dienone is 3. The number of rotatable bonds is 10. The molecule has 0 aliphatic rings. The highest BCUT2D eigenvalue weighted by atomic mass is 16.6. The first-order valence-electron chi connectivity index (χ1n) is 14.4. The number of aromatic nitrogens is 2. The Morgan fingerprint density at radius 3 is 2.10 bits per heavy atom. The Labute approximate surface area is 238 Å². The number of imidazole rings is 1. The van der Waals surface area contributed by atoms with Gasteiger partial charge in [-0.15, -0.1) is 6.58 Å². The summed E-state index contributed by atoms with van der Waals surface area (Å²) in [7, 11) is 0. The predicted molar refractivity (Wildman–Crippen MR) is 167 cm³/mol. The summed E-state index contributed by atoms with van der Waals surface area (Å²) in [5, 5.41) is 0. The largest absolute Gasteiger partial charge is 0.479 e. The molecule has 39 heavy (non-hydrogen) atoms. The minimum atomic E-state index is -0.663. The minimum Gasteiger partial charge on any atom is -0.479 e. The molecule has 2 aromatic rings. The SMILES string of the molecule is C/C=C/Cn1cc(CCCc2ccc(OC(C)C(=O)OC(C)(C)C)cc2)[nH]c1=O.C=C(C)CC.CC.CCC. The number of hydrogen-bond acceptors (Lipinski definition) is 4. The number of nitrogens with zero attached hydrogens (tertiary/aromatic N) is 1. The van der Waals surface area contributed by atoms with Gasteiger partial charge in [-0.25, -0.2) is 9.59 Å². The molecular weight excluding hydrogens is 488 g/mol. The van der Waals surface area contributed by atoms with Gasteiger partial charge in [-0.1, -0.05) is 70.9 Å². The molecule has 0 aliphatic heterocycles. The van der Waals surface area contributed by atoms with E-state index in [-0.39, 0.29) is 11.7 Å². The summed E-state index contributed by atoms with van der Waals surface area (Å²) in [5.74, 6) is 0.259. The third-order valence-electron chi connectivity index (χ3n) is 4.87. The first-order valence-corrected chi connectivity index (χ1v) is 14.4. The molecule has 0 aliphatic carbocycles. The van der Waals surface area contributed by atoms with E-state index in [4.69, 9.17) is 9.47 Å². The summed E-state index contributed by atoms with van der Waals surface area (Å²) >= 11 is 0. The lowest BCUT2D eigenvalue weighted by Gasteiger charge is -2.22. The van der Waals surface area contributed by atoms with Gasteiger partial charge in [0.1, 0.15) is 11.4 Å². The molecule has 0 spiro atoms. The Hall–Kier alpha value is -3.02. The van der Waals surface area contributed by atoms with E-state index in [9.17, 15) is 9.59 Å². The van der Waals surface area contributed by atoms with Crippen LogP contribution in [0.4, 0.5) is 0 Å². The van der Waals surface area contributed by atoms with Crippen LogP contribution in [0.3, 0.4) is 0 Å². The highest BCUT2D eigenvalue weighted by molar-refractivity contribution is 5.75. The van der Waals surface area contributed by atoms with Crippen molar-refractivity contribution in [1.82, 2.24) is 9.55 Å². The zero-order valence-electron chi connectivity index (χ0n) is 26.6. The Morgan fingerprint density at radius 2 is 1.64 bits per heavy atom. The molecule has 1 aromatic heterocycles. The second-order valence-electron chi connectivity index (χ2n) is 10.1. The average molecular weight is 545 g/mol. The summed E-state index contributed by atoms with van der Waals surface area (Å²) < 4.78 is 12.7. The van der Waals surface area contributed by atoms with Crippen molar-refractivity contribution in [2.75, 3.05) is 0 Å². The molecule has 1 heterocycles. The minimum absolute atomic E-state index is 0.0706. The second-order valence-corrected chi connectivity index (χ2v) is 10.1. The molecule has 0 fully saturated rings. The highest BCUT2D eigenvalue weighted by Crippen LogP contribution is 2.17. The van der Waals surface area contributed by atoms with Crippen LogP contribution < -0.4 is 10.4 Å². The lowest BCUT2D eigenvalue weighted by atomic mass is 10.1. The summed E-state index contributed by atoms with van der Waals surface area (Å²) in [6, 6.07) is 7.73. The van der Waals surface area contributed by atoms with E-state index in [0.29, 0.717) is 12.3 Å². The van der Waals surface area contributed by atoms with Gasteiger partial charge in [-0.05, 0) is 84.9 Å². The number of benzene rings is 1. The van der Waals surface area contributed by atoms with Gasteiger partial charge in [0.05, 0.1) is 0 Å². The fourth-order valence-electron chi connectivity index (χ4n) is 2.82. The summed E-state index contributed by atoms with van der Waals surface area (Å²) in [6.07, 6.45) is 10.1. The smallest absolute Gasteiger partial charge is 0.347 e. The van der Waals surface area contributed by atoms with Crippen molar-refractivity contribution in [2.24, 2.45) is 0 Å². The maximum absolute atomic E-state index is 12.0. The lowest BCUT2D eigenvalue weighted by molar-refractivity contribution is -0.162. The first kappa shape index (κ1) is 38.1. The Kier molecular flexibility index (Phi) is 21.4. The van der Waals surface area contributed by atoms with Gasteiger partial charge in [0.2, 0.25) is 0 Å². The quantitative estimate of drug-likeness (QED) is 0.240. The fraction of sp³-hybridized carbons (Fsp3) is 0.576. The van der Waals surface area contributed by atoms with Gasteiger partial charge < -0.3 is 14.5 Å². The lowest BCUT2D eigenvalue weighted by Crippen LogP contribution is -2.33. The van der Waals surface area contributed by atoms with Crippen molar-refractivity contribution in [2.45, 2.75) is 127 Å². The number of aromatic amines is 1. The summed E-state index contributed by atoms with van der Waals surface area (Å²) in [6.45, 7) is 25.8. The van der Waals surface area contributed by atoms with Crippen LogP contribution in [0.1, 0.15) is 107 Å². The monoisotopic (exact) mass is 544 g/mol. The predicted octanol–water partition coefficient (Wildman–Crippen LogP) is 8.45. The first-order chi connectivity index (χ1) is 18.4. The average Bonchev–Trinajstić information content (AvgIpc) is 3.23. The van der Waals surface area contributed by atoms with Gasteiger partial charge in [-0.2, -0.15) is 0 Å². The molecule has 0 amide bonds. The van der Waals surface area contributed by atoms with Crippen molar-refractivity contribution < 1.29 is 14.3 Å². The topological polar surface area (TPSA) is 73.3 Å². The Balaban J connectivity index is 0. The van der Waals surface area contributed by atoms with Gasteiger partial charge in [0.25, 0.3) is 0 Å². The summed E-state index contributed by atoms with van der Waals surface area (Å²) in [4.78, 5) is 26.8. The summed E-state index contributed by atoms with van der Waals surface area (Å²) in [5.41, 5.74) is 2.78. The van der Waals surface area contributed by atoms with Crippen LogP contribution in [0, 0.1) is 0 Å².